The lowest BCUT2D eigenvalue weighted by Crippen LogP contribution is -2.35. The summed E-state index contributed by atoms with van der Waals surface area (Å²) in [5, 5.41) is 12.7. The second kappa shape index (κ2) is 8.91. The van der Waals surface area contributed by atoms with Crippen LogP contribution in [0.4, 0.5) is 0 Å². The number of methoxy groups -OCH3 is 1. The van der Waals surface area contributed by atoms with Gasteiger partial charge < -0.3 is 14.6 Å². The SMILES string of the molecule is COCCc1ccc(OCCC(O)NC(C)C)cc1. The van der Waals surface area contributed by atoms with Crippen molar-refractivity contribution in [3.8, 4) is 5.75 Å². The van der Waals surface area contributed by atoms with Crippen LogP contribution in [-0.2, 0) is 11.2 Å². The molecule has 1 aromatic rings. The fourth-order valence-electron chi connectivity index (χ4n) is 1.73. The van der Waals surface area contributed by atoms with Crippen molar-refractivity contribution in [1.29, 1.82) is 0 Å². The van der Waals surface area contributed by atoms with Crippen molar-refractivity contribution in [3.63, 3.8) is 0 Å². The van der Waals surface area contributed by atoms with Gasteiger partial charge in [0.05, 0.1) is 13.2 Å². The molecule has 2 N–H and O–H groups in total. The smallest absolute Gasteiger partial charge is 0.119 e. The van der Waals surface area contributed by atoms with Crippen molar-refractivity contribution in [2.75, 3.05) is 20.3 Å². The summed E-state index contributed by atoms with van der Waals surface area (Å²) in [5.41, 5.74) is 1.23. The molecule has 0 fully saturated rings. The lowest BCUT2D eigenvalue weighted by atomic mass is 10.1. The molecule has 1 aromatic carbocycles. The van der Waals surface area contributed by atoms with Crippen molar-refractivity contribution in [1.82, 2.24) is 5.32 Å². The molecule has 1 unspecified atom stereocenters. The van der Waals surface area contributed by atoms with E-state index in [1.54, 1.807) is 7.11 Å². The van der Waals surface area contributed by atoms with E-state index in [4.69, 9.17) is 9.47 Å². The largest absolute Gasteiger partial charge is 0.493 e. The first-order valence-electron chi connectivity index (χ1n) is 6.76. The number of hydrogen-bond donors (Lipinski definition) is 2. The topological polar surface area (TPSA) is 50.7 Å². The zero-order chi connectivity index (χ0) is 14.1. The van der Waals surface area contributed by atoms with Crippen molar-refractivity contribution < 1.29 is 14.6 Å². The Labute approximate surface area is 115 Å². The van der Waals surface area contributed by atoms with Crippen molar-refractivity contribution in [2.24, 2.45) is 0 Å². The van der Waals surface area contributed by atoms with Gasteiger partial charge in [0.25, 0.3) is 0 Å². The number of ether oxygens (including phenoxy) is 2. The van der Waals surface area contributed by atoms with E-state index in [1.807, 2.05) is 38.1 Å². The number of hydrogen-bond acceptors (Lipinski definition) is 4. The van der Waals surface area contributed by atoms with Gasteiger partial charge in [-0.05, 0) is 38.0 Å². The van der Waals surface area contributed by atoms with Gasteiger partial charge in [0.1, 0.15) is 12.0 Å². The normalized spacial score (nSPS) is 12.7. The van der Waals surface area contributed by atoms with E-state index in [9.17, 15) is 5.11 Å². The summed E-state index contributed by atoms with van der Waals surface area (Å²) < 4.78 is 10.6. The van der Waals surface area contributed by atoms with Crippen LogP contribution in [0.15, 0.2) is 24.3 Å². The van der Waals surface area contributed by atoms with E-state index < -0.39 is 6.23 Å². The zero-order valence-electron chi connectivity index (χ0n) is 12.1. The van der Waals surface area contributed by atoms with E-state index >= 15 is 0 Å². The Bertz CT molecular complexity index is 338. The fourth-order valence-corrected chi connectivity index (χ4v) is 1.73. The molecule has 0 bridgehead atoms. The first kappa shape index (κ1) is 16.0. The van der Waals surface area contributed by atoms with Gasteiger partial charge in [-0.15, -0.1) is 0 Å². The summed E-state index contributed by atoms with van der Waals surface area (Å²) in [6.45, 7) is 5.23. The van der Waals surface area contributed by atoms with Gasteiger partial charge in [-0.3, -0.25) is 5.32 Å². The summed E-state index contributed by atoms with van der Waals surface area (Å²) in [4.78, 5) is 0. The number of aliphatic hydroxyl groups excluding tert-OH is 1. The molecule has 0 aliphatic heterocycles. The number of rotatable bonds is 9. The Morgan fingerprint density at radius 3 is 2.42 bits per heavy atom. The predicted molar refractivity (Wildman–Crippen MR) is 76.4 cm³/mol. The highest BCUT2D eigenvalue weighted by Crippen LogP contribution is 2.13. The molecule has 4 heteroatoms. The van der Waals surface area contributed by atoms with Crippen molar-refractivity contribution in [2.45, 2.75) is 39.0 Å². The Kier molecular flexibility index (Phi) is 7.48. The molecule has 0 aliphatic carbocycles. The molecule has 19 heavy (non-hydrogen) atoms. The van der Waals surface area contributed by atoms with E-state index in [-0.39, 0.29) is 6.04 Å². The molecule has 1 atom stereocenters. The van der Waals surface area contributed by atoms with Crippen LogP contribution in [0.5, 0.6) is 5.75 Å². The maximum absolute atomic E-state index is 9.63. The van der Waals surface area contributed by atoms with Gasteiger partial charge >= 0.3 is 0 Å². The average Bonchev–Trinajstić information content (AvgIpc) is 2.37. The Balaban J connectivity index is 2.26. The van der Waals surface area contributed by atoms with E-state index in [2.05, 4.69) is 5.32 Å². The van der Waals surface area contributed by atoms with Gasteiger partial charge in [-0.25, -0.2) is 0 Å². The van der Waals surface area contributed by atoms with Crippen LogP contribution < -0.4 is 10.1 Å². The summed E-state index contributed by atoms with van der Waals surface area (Å²) in [5.74, 6) is 0.831. The number of nitrogens with one attached hydrogen (secondary N) is 1. The maximum Gasteiger partial charge on any atom is 0.119 e. The maximum atomic E-state index is 9.63. The third-order valence-electron chi connectivity index (χ3n) is 2.70. The molecular formula is C15H25NO3. The predicted octanol–water partition coefficient (Wildman–Crippen LogP) is 1.96. The van der Waals surface area contributed by atoms with Crippen LogP contribution in [0.25, 0.3) is 0 Å². The fraction of sp³-hybridized carbons (Fsp3) is 0.600. The van der Waals surface area contributed by atoms with E-state index in [1.165, 1.54) is 5.56 Å². The molecule has 0 saturated carbocycles. The van der Waals surface area contributed by atoms with Crippen molar-refractivity contribution in [3.05, 3.63) is 29.8 Å². The van der Waals surface area contributed by atoms with Gasteiger partial charge in [0.15, 0.2) is 0 Å². The van der Waals surface area contributed by atoms with Gasteiger partial charge in [-0.2, -0.15) is 0 Å². The highest BCUT2D eigenvalue weighted by atomic mass is 16.5. The monoisotopic (exact) mass is 267 g/mol. The first-order valence-corrected chi connectivity index (χ1v) is 6.76. The molecule has 0 aromatic heterocycles. The first-order chi connectivity index (χ1) is 9.11. The molecule has 108 valence electrons. The minimum Gasteiger partial charge on any atom is -0.493 e. The van der Waals surface area contributed by atoms with E-state index in [0.717, 1.165) is 18.8 Å². The molecule has 0 amide bonds. The summed E-state index contributed by atoms with van der Waals surface area (Å²) >= 11 is 0. The lowest BCUT2D eigenvalue weighted by Gasteiger charge is -2.16. The molecule has 1 rings (SSSR count). The van der Waals surface area contributed by atoms with Crippen LogP contribution in [0.2, 0.25) is 0 Å². The highest BCUT2D eigenvalue weighted by molar-refractivity contribution is 5.27. The minimum absolute atomic E-state index is 0.273. The molecule has 4 nitrogen and oxygen atoms in total. The second-order valence-corrected chi connectivity index (χ2v) is 4.86. The number of aliphatic hydroxyl groups is 1. The average molecular weight is 267 g/mol. The van der Waals surface area contributed by atoms with Gasteiger partial charge in [0.2, 0.25) is 0 Å². The molecule has 0 saturated heterocycles. The van der Waals surface area contributed by atoms with Gasteiger partial charge in [-0.1, -0.05) is 12.1 Å². The Hall–Kier alpha value is -1.10. The molecular weight excluding hydrogens is 242 g/mol. The third kappa shape index (κ3) is 7.15. The summed E-state index contributed by atoms with van der Waals surface area (Å²) in [6, 6.07) is 8.25. The van der Waals surface area contributed by atoms with Gasteiger partial charge in [0, 0.05) is 19.6 Å². The van der Waals surface area contributed by atoms with Crippen LogP contribution in [0.3, 0.4) is 0 Å². The highest BCUT2D eigenvalue weighted by Gasteiger charge is 2.05. The van der Waals surface area contributed by atoms with Crippen LogP contribution >= 0.6 is 0 Å². The Morgan fingerprint density at radius 2 is 1.84 bits per heavy atom. The van der Waals surface area contributed by atoms with Crippen LogP contribution in [-0.4, -0.2) is 37.7 Å². The Morgan fingerprint density at radius 1 is 1.16 bits per heavy atom. The van der Waals surface area contributed by atoms with Crippen molar-refractivity contribution >= 4 is 0 Å². The quantitative estimate of drug-likeness (QED) is 0.672. The molecule has 0 aliphatic rings. The van der Waals surface area contributed by atoms with E-state index in [0.29, 0.717) is 13.0 Å². The van der Waals surface area contributed by atoms with Crippen LogP contribution in [0.1, 0.15) is 25.8 Å². The number of benzene rings is 1. The molecule has 0 radical (unpaired) electrons. The second-order valence-electron chi connectivity index (χ2n) is 4.86. The summed E-state index contributed by atoms with van der Waals surface area (Å²) in [6.07, 6.45) is 0.971. The zero-order valence-corrected chi connectivity index (χ0v) is 12.1. The van der Waals surface area contributed by atoms with Crippen LogP contribution in [0, 0.1) is 0 Å². The lowest BCUT2D eigenvalue weighted by molar-refractivity contribution is 0.0995. The standard InChI is InChI=1S/C15H25NO3/c1-12(2)16-15(17)9-11-19-14-6-4-13(5-7-14)8-10-18-3/h4-7,12,15-17H,8-11H2,1-3H3. The summed E-state index contributed by atoms with van der Waals surface area (Å²) in [7, 11) is 1.70. The molecule has 0 heterocycles. The minimum atomic E-state index is -0.513. The third-order valence-corrected chi connectivity index (χ3v) is 2.70. The molecule has 0 spiro atoms.